The second-order valence-corrected chi connectivity index (χ2v) is 10.2. The number of carbonyl (C=O) groups is 1. The minimum atomic E-state index is -0.308. The molecule has 6 nitrogen and oxygen atoms in total. The van der Waals surface area contributed by atoms with Crippen molar-refractivity contribution in [3.8, 4) is 21.9 Å². The van der Waals surface area contributed by atoms with Gasteiger partial charge in [-0.1, -0.05) is 35.9 Å². The van der Waals surface area contributed by atoms with Gasteiger partial charge in [-0.25, -0.2) is 9.97 Å². The van der Waals surface area contributed by atoms with Crippen LogP contribution in [0, 0.1) is 0 Å². The van der Waals surface area contributed by atoms with Gasteiger partial charge in [0.05, 0.1) is 11.0 Å². The SMILES string of the molecule is CC(C)Nc1ccc(-c2ccc3c(c2)ncn3-c2cc(O[C@H](C)c3ccccc3Cl)c(C=O)s2)cn1. The number of benzene rings is 2. The second kappa shape index (κ2) is 10.1. The number of carbonyl (C=O) groups excluding carboxylic acids is 1. The molecule has 2 aromatic carbocycles. The van der Waals surface area contributed by atoms with Crippen LogP contribution in [0.25, 0.3) is 27.2 Å². The van der Waals surface area contributed by atoms with Crippen molar-refractivity contribution in [2.45, 2.75) is 32.9 Å². The number of nitrogens with zero attached hydrogens (tertiary/aromatic N) is 3. The van der Waals surface area contributed by atoms with Gasteiger partial charge in [0.2, 0.25) is 0 Å². The lowest BCUT2D eigenvalue weighted by Crippen LogP contribution is -2.10. The van der Waals surface area contributed by atoms with Gasteiger partial charge in [-0.15, -0.1) is 11.3 Å². The summed E-state index contributed by atoms with van der Waals surface area (Å²) in [4.78, 5) is 21.5. The molecule has 3 aromatic heterocycles. The summed E-state index contributed by atoms with van der Waals surface area (Å²) in [5, 5.41) is 4.78. The van der Waals surface area contributed by atoms with Crippen LogP contribution in [0.2, 0.25) is 5.02 Å². The predicted molar refractivity (Wildman–Crippen MR) is 147 cm³/mol. The zero-order chi connectivity index (χ0) is 25.2. The zero-order valence-corrected chi connectivity index (χ0v) is 21.7. The Bertz CT molecular complexity index is 1520. The molecule has 0 amide bonds. The summed E-state index contributed by atoms with van der Waals surface area (Å²) >= 11 is 7.69. The van der Waals surface area contributed by atoms with Crippen LogP contribution in [0.1, 0.15) is 42.1 Å². The van der Waals surface area contributed by atoms with E-state index in [0.29, 0.717) is 21.7 Å². The fourth-order valence-electron chi connectivity index (χ4n) is 4.04. The van der Waals surface area contributed by atoms with Gasteiger partial charge in [-0.05, 0) is 56.7 Å². The van der Waals surface area contributed by atoms with E-state index in [9.17, 15) is 4.79 Å². The highest BCUT2D eigenvalue weighted by Crippen LogP contribution is 2.36. The van der Waals surface area contributed by atoms with Crippen molar-refractivity contribution in [1.29, 1.82) is 0 Å². The summed E-state index contributed by atoms with van der Waals surface area (Å²) < 4.78 is 8.12. The molecule has 0 saturated carbocycles. The van der Waals surface area contributed by atoms with E-state index in [0.717, 1.165) is 44.8 Å². The van der Waals surface area contributed by atoms with Crippen molar-refractivity contribution in [1.82, 2.24) is 14.5 Å². The highest BCUT2D eigenvalue weighted by Gasteiger charge is 2.18. The molecular formula is C28H25ClN4O2S. The highest BCUT2D eigenvalue weighted by atomic mass is 35.5. The molecule has 36 heavy (non-hydrogen) atoms. The van der Waals surface area contributed by atoms with Crippen LogP contribution in [-0.4, -0.2) is 26.9 Å². The van der Waals surface area contributed by atoms with E-state index in [1.807, 2.05) is 66.2 Å². The normalized spacial score (nSPS) is 12.1. The summed E-state index contributed by atoms with van der Waals surface area (Å²) in [6.07, 6.45) is 4.15. The van der Waals surface area contributed by atoms with E-state index < -0.39 is 0 Å². The molecular weight excluding hydrogens is 492 g/mol. The Hall–Kier alpha value is -3.68. The maximum Gasteiger partial charge on any atom is 0.163 e. The van der Waals surface area contributed by atoms with Gasteiger partial charge >= 0.3 is 0 Å². The molecule has 0 bridgehead atoms. The fraction of sp³-hybridized carbons (Fsp3) is 0.179. The number of ether oxygens (including phenoxy) is 1. The minimum absolute atomic E-state index is 0.308. The maximum atomic E-state index is 11.8. The third kappa shape index (κ3) is 4.85. The highest BCUT2D eigenvalue weighted by molar-refractivity contribution is 7.16. The van der Waals surface area contributed by atoms with Crippen molar-refractivity contribution in [3.05, 3.63) is 88.7 Å². The van der Waals surface area contributed by atoms with Crippen LogP contribution < -0.4 is 10.1 Å². The Balaban J connectivity index is 1.42. The van der Waals surface area contributed by atoms with Gasteiger partial charge < -0.3 is 10.1 Å². The van der Waals surface area contributed by atoms with E-state index in [-0.39, 0.29) is 6.10 Å². The Morgan fingerprint density at radius 2 is 1.83 bits per heavy atom. The first-order valence-electron chi connectivity index (χ1n) is 11.6. The van der Waals surface area contributed by atoms with Crippen molar-refractivity contribution in [2.75, 3.05) is 5.32 Å². The number of rotatable bonds is 8. The third-order valence-corrected chi connectivity index (χ3v) is 7.17. The van der Waals surface area contributed by atoms with Crippen molar-refractivity contribution < 1.29 is 9.53 Å². The number of nitrogens with one attached hydrogen (secondary N) is 1. The van der Waals surface area contributed by atoms with Crippen molar-refractivity contribution in [3.63, 3.8) is 0 Å². The first-order valence-corrected chi connectivity index (χ1v) is 12.8. The Morgan fingerprint density at radius 1 is 1.03 bits per heavy atom. The van der Waals surface area contributed by atoms with E-state index in [4.69, 9.17) is 16.3 Å². The molecule has 0 aliphatic carbocycles. The molecule has 5 rings (SSSR count). The number of thiophene rings is 1. The molecule has 1 atom stereocenters. The van der Waals surface area contributed by atoms with Crippen LogP contribution >= 0.6 is 22.9 Å². The van der Waals surface area contributed by atoms with Crippen molar-refractivity contribution in [2.24, 2.45) is 0 Å². The van der Waals surface area contributed by atoms with Crippen LogP contribution in [0.5, 0.6) is 5.75 Å². The predicted octanol–water partition coefficient (Wildman–Crippen LogP) is 7.58. The van der Waals surface area contributed by atoms with Gasteiger partial charge in [0.25, 0.3) is 0 Å². The second-order valence-electron chi connectivity index (χ2n) is 8.76. The first kappa shape index (κ1) is 24.0. The molecule has 0 fully saturated rings. The Morgan fingerprint density at radius 3 is 2.56 bits per heavy atom. The van der Waals surface area contributed by atoms with Gasteiger partial charge in [0.15, 0.2) is 6.29 Å². The molecule has 182 valence electrons. The summed E-state index contributed by atoms with van der Waals surface area (Å²) in [6.45, 7) is 6.08. The molecule has 3 heterocycles. The molecule has 0 saturated heterocycles. The van der Waals surface area contributed by atoms with Crippen molar-refractivity contribution >= 4 is 46.1 Å². The number of aldehydes is 1. The smallest absolute Gasteiger partial charge is 0.163 e. The molecule has 5 aromatic rings. The largest absolute Gasteiger partial charge is 0.484 e. The lowest BCUT2D eigenvalue weighted by Gasteiger charge is -2.15. The molecule has 0 spiro atoms. The molecule has 8 heteroatoms. The van der Waals surface area contributed by atoms with Gasteiger partial charge in [-0.3, -0.25) is 9.36 Å². The van der Waals surface area contributed by atoms with E-state index in [1.54, 1.807) is 6.33 Å². The lowest BCUT2D eigenvalue weighted by molar-refractivity contribution is 0.112. The average Bonchev–Trinajstić information content (AvgIpc) is 3.47. The minimum Gasteiger partial charge on any atom is -0.484 e. The summed E-state index contributed by atoms with van der Waals surface area (Å²) in [5.74, 6) is 1.38. The monoisotopic (exact) mass is 516 g/mol. The van der Waals surface area contributed by atoms with Gasteiger partial charge in [-0.2, -0.15) is 0 Å². The maximum absolute atomic E-state index is 11.8. The third-order valence-electron chi connectivity index (χ3n) is 5.78. The molecule has 0 radical (unpaired) electrons. The standard InChI is InChI=1S/C28H25ClN4O2S/c1-17(2)32-27-11-9-20(14-30-27)19-8-10-24-23(12-19)31-16-33(24)28-13-25(26(15-34)36-28)35-18(3)21-6-4-5-7-22(21)29/h4-18H,1-3H3,(H,30,32)/t18-/m1/s1. The average molecular weight is 517 g/mol. The summed E-state index contributed by atoms with van der Waals surface area (Å²) in [6, 6.07) is 19.9. The topological polar surface area (TPSA) is 69.0 Å². The number of hydrogen-bond donors (Lipinski definition) is 1. The van der Waals surface area contributed by atoms with Crippen LogP contribution in [0.4, 0.5) is 5.82 Å². The molecule has 0 aliphatic rings. The van der Waals surface area contributed by atoms with Gasteiger partial charge in [0.1, 0.15) is 33.9 Å². The Labute approximate surface area is 218 Å². The number of anilines is 1. The number of hydrogen-bond acceptors (Lipinski definition) is 6. The molecule has 1 N–H and O–H groups in total. The lowest BCUT2D eigenvalue weighted by atomic mass is 10.1. The number of imidazole rings is 1. The van der Waals surface area contributed by atoms with Crippen LogP contribution in [0.3, 0.4) is 0 Å². The summed E-state index contributed by atoms with van der Waals surface area (Å²) in [7, 11) is 0. The van der Waals surface area contributed by atoms with Crippen LogP contribution in [-0.2, 0) is 0 Å². The van der Waals surface area contributed by atoms with E-state index >= 15 is 0 Å². The summed E-state index contributed by atoms with van der Waals surface area (Å²) in [5.41, 5.74) is 4.71. The number of pyridine rings is 1. The first-order chi connectivity index (χ1) is 17.4. The van der Waals surface area contributed by atoms with Crippen LogP contribution in [0.15, 0.2) is 73.2 Å². The number of aromatic nitrogens is 3. The van der Waals surface area contributed by atoms with E-state index in [2.05, 4.69) is 41.3 Å². The number of fused-ring (bicyclic) bond motifs is 1. The van der Waals surface area contributed by atoms with Gasteiger partial charge in [0, 0.05) is 34.5 Å². The van der Waals surface area contributed by atoms with E-state index in [1.165, 1.54) is 11.3 Å². The molecule has 0 unspecified atom stereocenters. The number of halogens is 1. The molecule has 0 aliphatic heterocycles. The zero-order valence-electron chi connectivity index (χ0n) is 20.1. The fourth-order valence-corrected chi connectivity index (χ4v) is 5.22. The Kier molecular flexibility index (Phi) is 6.76. The quantitative estimate of drug-likeness (QED) is 0.215.